The zero-order valence-electron chi connectivity index (χ0n) is 14.9. The van der Waals surface area contributed by atoms with Crippen LogP contribution < -0.4 is 0 Å². The van der Waals surface area contributed by atoms with E-state index in [1.165, 1.54) is 40.9 Å². The van der Waals surface area contributed by atoms with Crippen molar-refractivity contribution in [3.8, 4) is 0 Å². The molecule has 3 rings (SSSR count). The lowest BCUT2D eigenvalue weighted by Gasteiger charge is -2.15. The Labute approximate surface area is 161 Å². The molecule has 0 saturated heterocycles. The number of nitro groups is 1. The molecule has 7 heteroatoms. The number of benzene rings is 2. The fourth-order valence-electron chi connectivity index (χ4n) is 2.81. The number of thioether (sulfide) groups is 1. The summed E-state index contributed by atoms with van der Waals surface area (Å²) in [5.41, 5.74) is 1.62. The Kier molecular flexibility index (Phi) is 5.41. The third-order valence-electron chi connectivity index (χ3n) is 4.03. The van der Waals surface area contributed by atoms with Crippen LogP contribution in [-0.4, -0.2) is 26.9 Å². The number of amides is 2. The van der Waals surface area contributed by atoms with Crippen LogP contribution in [0, 0.1) is 10.1 Å². The second-order valence-corrected chi connectivity index (χ2v) is 7.94. The highest BCUT2D eigenvalue weighted by Gasteiger charge is 2.39. The quantitative estimate of drug-likeness (QED) is 0.428. The van der Waals surface area contributed by atoms with Crippen LogP contribution in [0.1, 0.15) is 25.0 Å². The summed E-state index contributed by atoms with van der Waals surface area (Å²) >= 11 is 1.34. The van der Waals surface area contributed by atoms with Gasteiger partial charge >= 0.3 is 0 Å². The third kappa shape index (κ3) is 3.93. The van der Waals surface area contributed by atoms with Gasteiger partial charge in [0.05, 0.1) is 21.9 Å². The van der Waals surface area contributed by atoms with Crippen LogP contribution in [0.5, 0.6) is 0 Å². The first-order chi connectivity index (χ1) is 12.9. The number of nitrogens with zero attached hydrogens (tertiary/aromatic N) is 2. The maximum Gasteiger partial charge on any atom is 0.269 e. The second-order valence-electron chi connectivity index (χ2n) is 6.36. The van der Waals surface area contributed by atoms with E-state index in [9.17, 15) is 19.7 Å². The minimum Gasteiger partial charge on any atom is -0.269 e. The summed E-state index contributed by atoms with van der Waals surface area (Å²) in [7, 11) is 0. The van der Waals surface area contributed by atoms with E-state index in [4.69, 9.17) is 0 Å². The zero-order valence-corrected chi connectivity index (χ0v) is 15.7. The summed E-state index contributed by atoms with van der Waals surface area (Å²) in [6.45, 7) is 4.09. The Morgan fingerprint density at radius 2 is 1.63 bits per heavy atom. The Morgan fingerprint density at radius 1 is 1.00 bits per heavy atom. The summed E-state index contributed by atoms with van der Waals surface area (Å²) in [5, 5.41) is 11.0. The number of rotatable bonds is 6. The Bertz CT molecular complexity index is 921. The highest BCUT2D eigenvalue weighted by molar-refractivity contribution is 8.04. The van der Waals surface area contributed by atoms with Gasteiger partial charge in [0.1, 0.15) is 0 Å². The molecule has 138 valence electrons. The van der Waals surface area contributed by atoms with E-state index >= 15 is 0 Å². The molecule has 0 spiro atoms. The summed E-state index contributed by atoms with van der Waals surface area (Å²) in [4.78, 5) is 38.0. The molecule has 0 unspecified atom stereocenters. The van der Waals surface area contributed by atoms with E-state index < -0.39 is 4.92 Å². The van der Waals surface area contributed by atoms with Gasteiger partial charge < -0.3 is 0 Å². The second kappa shape index (κ2) is 7.75. The Morgan fingerprint density at radius 3 is 2.19 bits per heavy atom. The molecule has 1 heterocycles. The molecule has 0 radical (unpaired) electrons. The minimum atomic E-state index is -0.495. The molecule has 0 saturated carbocycles. The SMILES string of the molecule is CC(C)SC1=C(c2ccc([N+](=O)[O-])cc2)C(=O)N(Cc2ccccc2)C1=O. The first kappa shape index (κ1) is 18.8. The lowest BCUT2D eigenvalue weighted by atomic mass is 10.1. The van der Waals surface area contributed by atoms with Gasteiger partial charge in [-0.3, -0.25) is 24.6 Å². The molecule has 27 heavy (non-hydrogen) atoms. The molecule has 0 aliphatic carbocycles. The van der Waals surface area contributed by atoms with Gasteiger partial charge in [-0.25, -0.2) is 0 Å². The highest BCUT2D eigenvalue weighted by atomic mass is 32.2. The van der Waals surface area contributed by atoms with Crippen LogP contribution in [0.2, 0.25) is 0 Å². The summed E-state index contributed by atoms with van der Waals surface area (Å²) < 4.78 is 0. The number of imide groups is 1. The minimum absolute atomic E-state index is 0.0599. The van der Waals surface area contributed by atoms with Gasteiger partial charge in [0.2, 0.25) is 0 Å². The Hall–Kier alpha value is -2.93. The van der Waals surface area contributed by atoms with E-state index in [-0.39, 0.29) is 29.3 Å². The number of hydrogen-bond donors (Lipinski definition) is 0. The maximum absolute atomic E-state index is 13.0. The number of non-ortho nitro benzene ring substituents is 1. The van der Waals surface area contributed by atoms with Crippen LogP contribution in [0.4, 0.5) is 5.69 Å². The highest BCUT2D eigenvalue weighted by Crippen LogP contribution is 2.38. The van der Waals surface area contributed by atoms with Gasteiger partial charge in [0.25, 0.3) is 17.5 Å². The van der Waals surface area contributed by atoms with Crippen molar-refractivity contribution in [2.45, 2.75) is 25.6 Å². The predicted molar refractivity (Wildman–Crippen MR) is 105 cm³/mol. The molecule has 0 bridgehead atoms. The number of carbonyl (C=O) groups excluding carboxylic acids is 2. The van der Waals surface area contributed by atoms with Crippen molar-refractivity contribution >= 4 is 34.8 Å². The molecule has 2 aromatic carbocycles. The summed E-state index contributed by atoms with van der Waals surface area (Å²) in [5.74, 6) is -0.697. The van der Waals surface area contributed by atoms with Gasteiger partial charge in [-0.05, 0) is 23.3 Å². The molecule has 1 aliphatic heterocycles. The molecule has 2 amide bonds. The largest absolute Gasteiger partial charge is 0.269 e. The van der Waals surface area contributed by atoms with Crippen LogP contribution in [-0.2, 0) is 16.1 Å². The van der Waals surface area contributed by atoms with Crippen molar-refractivity contribution in [1.29, 1.82) is 0 Å². The molecular weight excluding hydrogens is 364 g/mol. The van der Waals surface area contributed by atoms with E-state index in [0.717, 1.165) is 5.56 Å². The third-order valence-corrected chi connectivity index (χ3v) is 5.12. The molecule has 2 aromatic rings. The lowest BCUT2D eigenvalue weighted by Crippen LogP contribution is -2.31. The van der Waals surface area contributed by atoms with Crippen LogP contribution in [0.15, 0.2) is 59.5 Å². The average Bonchev–Trinajstić information content (AvgIpc) is 2.86. The molecule has 0 aromatic heterocycles. The molecule has 0 N–H and O–H groups in total. The van der Waals surface area contributed by atoms with Gasteiger partial charge in [-0.1, -0.05) is 44.2 Å². The monoisotopic (exact) mass is 382 g/mol. The molecule has 0 fully saturated rings. The standard InChI is InChI=1S/C20H18N2O4S/c1-13(2)27-18-17(15-8-10-16(11-9-15)22(25)26)19(23)21(20(18)24)12-14-6-4-3-5-7-14/h3-11,13H,12H2,1-2H3. The Balaban J connectivity index is 1.99. The number of nitro benzene ring substituents is 1. The zero-order chi connectivity index (χ0) is 19.6. The van der Waals surface area contributed by atoms with Crippen molar-refractivity contribution in [2.75, 3.05) is 0 Å². The first-order valence-electron chi connectivity index (χ1n) is 8.44. The van der Waals surface area contributed by atoms with Gasteiger partial charge in [0, 0.05) is 17.4 Å². The first-order valence-corrected chi connectivity index (χ1v) is 9.32. The van der Waals surface area contributed by atoms with E-state index in [2.05, 4.69) is 0 Å². The number of hydrogen-bond acceptors (Lipinski definition) is 5. The van der Waals surface area contributed by atoms with Crippen molar-refractivity contribution in [3.05, 3.63) is 80.7 Å². The van der Waals surface area contributed by atoms with Crippen LogP contribution in [0.3, 0.4) is 0 Å². The van der Waals surface area contributed by atoms with Crippen molar-refractivity contribution in [1.82, 2.24) is 4.90 Å². The van der Waals surface area contributed by atoms with E-state index in [0.29, 0.717) is 16.0 Å². The molecule has 0 atom stereocenters. The molecule has 6 nitrogen and oxygen atoms in total. The molecule has 1 aliphatic rings. The average molecular weight is 382 g/mol. The fourth-order valence-corrected chi connectivity index (χ4v) is 3.82. The van der Waals surface area contributed by atoms with E-state index in [1.54, 1.807) is 0 Å². The van der Waals surface area contributed by atoms with Crippen molar-refractivity contribution in [3.63, 3.8) is 0 Å². The van der Waals surface area contributed by atoms with Crippen molar-refractivity contribution < 1.29 is 14.5 Å². The smallest absolute Gasteiger partial charge is 0.269 e. The van der Waals surface area contributed by atoms with Crippen molar-refractivity contribution in [2.24, 2.45) is 0 Å². The van der Waals surface area contributed by atoms with E-state index in [1.807, 2.05) is 44.2 Å². The van der Waals surface area contributed by atoms with Crippen LogP contribution in [0.25, 0.3) is 5.57 Å². The topological polar surface area (TPSA) is 80.5 Å². The predicted octanol–water partition coefficient (Wildman–Crippen LogP) is 4.02. The van der Waals surface area contributed by atoms with Gasteiger partial charge in [0.15, 0.2) is 0 Å². The molecular formula is C20H18N2O4S. The summed E-state index contributed by atoms with van der Waals surface area (Å²) in [6, 6.07) is 15.0. The van der Waals surface area contributed by atoms with Gasteiger partial charge in [-0.2, -0.15) is 0 Å². The number of carbonyl (C=O) groups is 2. The summed E-state index contributed by atoms with van der Waals surface area (Å²) in [6.07, 6.45) is 0. The lowest BCUT2D eigenvalue weighted by molar-refractivity contribution is -0.384. The normalized spacial score (nSPS) is 14.4. The fraction of sp³-hybridized carbons (Fsp3) is 0.200. The van der Waals surface area contributed by atoms with Crippen LogP contribution >= 0.6 is 11.8 Å². The maximum atomic E-state index is 13.0. The van der Waals surface area contributed by atoms with Gasteiger partial charge in [-0.15, -0.1) is 11.8 Å².